The highest BCUT2D eigenvalue weighted by molar-refractivity contribution is 4.82. The van der Waals surface area contributed by atoms with Gasteiger partial charge in [0.15, 0.2) is 0 Å². The standard InChI is InChI=1S/C11H22N2/c1-5-7-13(8-6-2)9-11(12)10(3)4/h5-6,10-11H,1-2,7-9,12H2,3-4H3. The van der Waals surface area contributed by atoms with Gasteiger partial charge in [-0.05, 0) is 5.92 Å². The van der Waals surface area contributed by atoms with Gasteiger partial charge in [-0.25, -0.2) is 0 Å². The molecule has 2 nitrogen and oxygen atoms in total. The molecule has 0 aromatic heterocycles. The van der Waals surface area contributed by atoms with E-state index in [1.165, 1.54) is 0 Å². The van der Waals surface area contributed by atoms with Gasteiger partial charge in [0.05, 0.1) is 0 Å². The quantitative estimate of drug-likeness (QED) is 0.607. The van der Waals surface area contributed by atoms with Crippen LogP contribution in [0.4, 0.5) is 0 Å². The molecule has 0 saturated carbocycles. The molecule has 13 heavy (non-hydrogen) atoms. The average Bonchev–Trinajstić information content (AvgIpc) is 2.05. The summed E-state index contributed by atoms with van der Waals surface area (Å²) in [5.74, 6) is 0.525. The van der Waals surface area contributed by atoms with Crippen molar-refractivity contribution in [1.29, 1.82) is 0 Å². The highest BCUT2D eigenvalue weighted by atomic mass is 15.1. The Morgan fingerprint density at radius 2 is 1.69 bits per heavy atom. The highest BCUT2D eigenvalue weighted by Gasteiger charge is 2.11. The van der Waals surface area contributed by atoms with E-state index in [9.17, 15) is 0 Å². The summed E-state index contributed by atoms with van der Waals surface area (Å²) in [5.41, 5.74) is 5.97. The molecule has 2 N–H and O–H groups in total. The molecular formula is C11H22N2. The lowest BCUT2D eigenvalue weighted by atomic mass is 10.1. The Morgan fingerprint density at radius 3 is 2.00 bits per heavy atom. The first-order valence-corrected chi connectivity index (χ1v) is 4.81. The Balaban J connectivity index is 3.91. The van der Waals surface area contributed by atoms with Gasteiger partial charge >= 0.3 is 0 Å². The predicted molar refractivity (Wildman–Crippen MR) is 59.6 cm³/mol. The van der Waals surface area contributed by atoms with Gasteiger partial charge in [-0.15, -0.1) is 13.2 Å². The molecule has 0 amide bonds. The van der Waals surface area contributed by atoms with Crippen molar-refractivity contribution >= 4 is 0 Å². The van der Waals surface area contributed by atoms with Crippen molar-refractivity contribution in [2.75, 3.05) is 19.6 Å². The SMILES string of the molecule is C=CCN(CC=C)CC(N)C(C)C. The summed E-state index contributed by atoms with van der Waals surface area (Å²) in [7, 11) is 0. The van der Waals surface area contributed by atoms with Crippen LogP contribution in [0, 0.1) is 5.92 Å². The van der Waals surface area contributed by atoms with Crippen LogP contribution in [0.25, 0.3) is 0 Å². The van der Waals surface area contributed by atoms with Gasteiger partial charge in [0, 0.05) is 25.7 Å². The Kier molecular flexibility index (Phi) is 6.55. The second-order valence-corrected chi connectivity index (χ2v) is 3.70. The number of rotatable bonds is 7. The topological polar surface area (TPSA) is 29.3 Å². The number of nitrogens with zero attached hydrogens (tertiary/aromatic N) is 1. The van der Waals surface area contributed by atoms with Crippen molar-refractivity contribution in [3.8, 4) is 0 Å². The largest absolute Gasteiger partial charge is 0.326 e. The third kappa shape index (κ3) is 5.61. The second-order valence-electron chi connectivity index (χ2n) is 3.70. The molecule has 0 rings (SSSR count). The van der Waals surface area contributed by atoms with Crippen LogP contribution in [-0.4, -0.2) is 30.6 Å². The van der Waals surface area contributed by atoms with Crippen LogP contribution in [0.5, 0.6) is 0 Å². The summed E-state index contributed by atoms with van der Waals surface area (Å²) >= 11 is 0. The van der Waals surface area contributed by atoms with Crippen molar-refractivity contribution in [3.63, 3.8) is 0 Å². The van der Waals surface area contributed by atoms with Crippen molar-refractivity contribution in [3.05, 3.63) is 25.3 Å². The predicted octanol–water partition coefficient (Wildman–Crippen LogP) is 1.64. The summed E-state index contributed by atoms with van der Waals surface area (Å²) in [6.07, 6.45) is 3.80. The maximum absolute atomic E-state index is 5.97. The maximum atomic E-state index is 5.97. The molecule has 1 atom stereocenters. The van der Waals surface area contributed by atoms with Crippen LogP contribution >= 0.6 is 0 Å². The first-order chi connectivity index (χ1) is 6.11. The molecular weight excluding hydrogens is 160 g/mol. The zero-order valence-corrected chi connectivity index (χ0v) is 8.87. The van der Waals surface area contributed by atoms with Crippen LogP contribution in [0.3, 0.4) is 0 Å². The summed E-state index contributed by atoms with van der Waals surface area (Å²) < 4.78 is 0. The van der Waals surface area contributed by atoms with Gasteiger partial charge in [0.25, 0.3) is 0 Å². The molecule has 0 aromatic rings. The third-order valence-electron chi connectivity index (χ3n) is 2.10. The molecule has 0 aliphatic rings. The van der Waals surface area contributed by atoms with Crippen molar-refractivity contribution < 1.29 is 0 Å². The number of hydrogen-bond donors (Lipinski definition) is 1. The smallest absolute Gasteiger partial charge is 0.0191 e. The van der Waals surface area contributed by atoms with Gasteiger partial charge in [-0.1, -0.05) is 26.0 Å². The van der Waals surface area contributed by atoms with Crippen LogP contribution in [0.2, 0.25) is 0 Å². The summed E-state index contributed by atoms with van der Waals surface area (Å²) in [5, 5.41) is 0. The summed E-state index contributed by atoms with van der Waals surface area (Å²) in [4.78, 5) is 2.24. The molecule has 0 fully saturated rings. The van der Waals surface area contributed by atoms with E-state index in [-0.39, 0.29) is 6.04 Å². The third-order valence-corrected chi connectivity index (χ3v) is 2.10. The van der Waals surface area contributed by atoms with Gasteiger partial charge in [-0.3, -0.25) is 4.90 Å². The van der Waals surface area contributed by atoms with Crippen molar-refractivity contribution in [1.82, 2.24) is 4.90 Å². The van der Waals surface area contributed by atoms with Crippen molar-refractivity contribution in [2.24, 2.45) is 11.7 Å². The van der Waals surface area contributed by atoms with Gasteiger partial charge in [-0.2, -0.15) is 0 Å². The number of hydrogen-bond acceptors (Lipinski definition) is 2. The first-order valence-electron chi connectivity index (χ1n) is 4.81. The maximum Gasteiger partial charge on any atom is 0.0191 e. The van der Waals surface area contributed by atoms with Crippen LogP contribution in [0.1, 0.15) is 13.8 Å². The molecule has 0 saturated heterocycles. The fraction of sp³-hybridized carbons (Fsp3) is 0.636. The van der Waals surface area contributed by atoms with E-state index >= 15 is 0 Å². The molecule has 2 heteroatoms. The second kappa shape index (κ2) is 6.87. The lowest BCUT2D eigenvalue weighted by molar-refractivity contribution is 0.283. The summed E-state index contributed by atoms with van der Waals surface area (Å²) in [6, 6.07) is 0.236. The van der Waals surface area contributed by atoms with E-state index in [4.69, 9.17) is 5.73 Å². The molecule has 0 bridgehead atoms. The van der Waals surface area contributed by atoms with E-state index < -0.39 is 0 Å². The minimum atomic E-state index is 0.236. The van der Waals surface area contributed by atoms with E-state index in [2.05, 4.69) is 31.9 Å². The lowest BCUT2D eigenvalue weighted by Crippen LogP contribution is -2.40. The Hall–Kier alpha value is -0.600. The molecule has 0 aliphatic carbocycles. The lowest BCUT2D eigenvalue weighted by Gasteiger charge is -2.25. The molecule has 0 aliphatic heterocycles. The van der Waals surface area contributed by atoms with Crippen LogP contribution in [0.15, 0.2) is 25.3 Å². The fourth-order valence-electron chi connectivity index (χ4n) is 1.10. The molecule has 1 unspecified atom stereocenters. The highest BCUT2D eigenvalue weighted by Crippen LogP contribution is 2.01. The molecule has 0 heterocycles. The van der Waals surface area contributed by atoms with E-state index in [0.29, 0.717) is 5.92 Å². The van der Waals surface area contributed by atoms with Crippen LogP contribution < -0.4 is 5.73 Å². The van der Waals surface area contributed by atoms with Crippen LogP contribution in [-0.2, 0) is 0 Å². The Labute approximate surface area is 82.1 Å². The van der Waals surface area contributed by atoms with Gasteiger partial charge in [0.1, 0.15) is 0 Å². The van der Waals surface area contributed by atoms with Gasteiger partial charge < -0.3 is 5.73 Å². The van der Waals surface area contributed by atoms with Crippen molar-refractivity contribution in [2.45, 2.75) is 19.9 Å². The normalized spacial score (nSPS) is 13.3. The fourth-order valence-corrected chi connectivity index (χ4v) is 1.10. The zero-order valence-electron chi connectivity index (χ0n) is 8.87. The Morgan fingerprint density at radius 1 is 1.23 bits per heavy atom. The first kappa shape index (κ1) is 12.4. The summed E-state index contributed by atoms with van der Waals surface area (Å²) in [6.45, 7) is 14.4. The average molecular weight is 182 g/mol. The monoisotopic (exact) mass is 182 g/mol. The molecule has 76 valence electrons. The molecule has 0 aromatic carbocycles. The van der Waals surface area contributed by atoms with E-state index in [0.717, 1.165) is 19.6 Å². The number of nitrogens with two attached hydrogens (primary N) is 1. The Bertz CT molecular complexity index is 142. The minimum Gasteiger partial charge on any atom is -0.326 e. The van der Waals surface area contributed by atoms with E-state index in [1.807, 2.05) is 12.2 Å². The van der Waals surface area contributed by atoms with Gasteiger partial charge in [0.2, 0.25) is 0 Å². The molecule has 0 radical (unpaired) electrons. The van der Waals surface area contributed by atoms with E-state index in [1.54, 1.807) is 0 Å². The molecule has 0 spiro atoms. The zero-order chi connectivity index (χ0) is 10.3. The minimum absolute atomic E-state index is 0.236.